The third-order valence-electron chi connectivity index (χ3n) is 6.01. The molecule has 5 rings (SSSR count). The van der Waals surface area contributed by atoms with E-state index in [2.05, 4.69) is 31.8 Å². The summed E-state index contributed by atoms with van der Waals surface area (Å²) in [6, 6.07) is 5.82. The van der Waals surface area contributed by atoms with E-state index in [1.165, 1.54) is 25.3 Å². The van der Waals surface area contributed by atoms with Gasteiger partial charge in [0.2, 0.25) is 0 Å². The van der Waals surface area contributed by atoms with Crippen molar-refractivity contribution in [2.75, 3.05) is 11.4 Å². The van der Waals surface area contributed by atoms with Gasteiger partial charge in [0.1, 0.15) is 23.0 Å². The molecule has 2 unspecified atom stereocenters. The van der Waals surface area contributed by atoms with Crippen LogP contribution in [0.4, 0.5) is 14.6 Å². The highest BCUT2D eigenvalue weighted by molar-refractivity contribution is 6.11. The Morgan fingerprint density at radius 1 is 1.27 bits per heavy atom. The summed E-state index contributed by atoms with van der Waals surface area (Å²) in [4.78, 5) is 18.4. The minimum absolute atomic E-state index is 0.00223. The summed E-state index contributed by atoms with van der Waals surface area (Å²) in [5.41, 5.74) is 7.27. The van der Waals surface area contributed by atoms with Crippen LogP contribution in [-0.4, -0.2) is 43.7 Å². The molecule has 1 fully saturated rings. The minimum Gasteiger partial charge on any atom is -0.422 e. The second-order valence-corrected chi connectivity index (χ2v) is 8.51. The van der Waals surface area contributed by atoms with E-state index in [1.54, 1.807) is 6.07 Å². The standard InChI is InChI=1S/C23H24F2N6O2/c1-11-7-14(26)5-6-31(11)22-19-16-8-13(24)3-4-18(16)28-21(19)29-23(30-22)33-15-9-17(25)20(12(2)32)27-10-15/h3-4,8-12,14,32H,5-7,26H2,1-2H3,(H,28,29,30)/t11-,12?,14?/m1/s1. The van der Waals surface area contributed by atoms with Crippen molar-refractivity contribution in [3.05, 3.63) is 47.8 Å². The molecule has 0 bridgehead atoms. The van der Waals surface area contributed by atoms with Gasteiger partial charge in [0, 0.05) is 35.6 Å². The summed E-state index contributed by atoms with van der Waals surface area (Å²) in [6.45, 7) is 4.17. The monoisotopic (exact) mass is 454 g/mol. The Kier molecular flexibility index (Phi) is 5.34. The molecule has 1 aliphatic heterocycles. The van der Waals surface area contributed by atoms with E-state index in [0.717, 1.165) is 24.4 Å². The first kappa shape index (κ1) is 21.5. The minimum atomic E-state index is -1.04. The molecule has 0 amide bonds. The van der Waals surface area contributed by atoms with E-state index in [1.807, 2.05) is 0 Å². The number of fused-ring (bicyclic) bond motifs is 3. The molecule has 8 nitrogen and oxygen atoms in total. The number of aliphatic hydroxyl groups is 1. The third-order valence-corrected chi connectivity index (χ3v) is 6.01. The average molecular weight is 454 g/mol. The second kappa shape index (κ2) is 8.20. The second-order valence-electron chi connectivity index (χ2n) is 8.51. The van der Waals surface area contributed by atoms with E-state index < -0.39 is 11.9 Å². The van der Waals surface area contributed by atoms with Gasteiger partial charge in [0.15, 0.2) is 11.6 Å². The molecule has 172 valence electrons. The highest BCUT2D eigenvalue weighted by Gasteiger charge is 2.28. The highest BCUT2D eigenvalue weighted by Crippen LogP contribution is 2.36. The number of pyridine rings is 1. The Morgan fingerprint density at radius 2 is 2.09 bits per heavy atom. The van der Waals surface area contributed by atoms with Crippen LogP contribution in [0.2, 0.25) is 0 Å². The predicted molar refractivity (Wildman–Crippen MR) is 120 cm³/mol. The van der Waals surface area contributed by atoms with Crippen LogP contribution in [0.1, 0.15) is 38.5 Å². The Labute approximate surface area is 188 Å². The number of halogens is 2. The van der Waals surface area contributed by atoms with Crippen LogP contribution in [0.5, 0.6) is 11.8 Å². The van der Waals surface area contributed by atoms with Gasteiger partial charge in [0.05, 0.1) is 17.7 Å². The van der Waals surface area contributed by atoms with Crippen LogP contribution in [0, 0.1) is 11.6 Å². The number of nitrogens with two attached hydrogens (primary N) is 1. The number of aromatic amines is 1. The first-order chi connectivity index (χ1) is 15.8. The van der Waals surface area contributed by atoms with Crippen molar-refractivity contribution in [2.24, 2.45) is 5.73 Å². The fourth-order valence-corrected chi connectivity index (χ4v) is 4.40. The van der Waals surface area contributed by atoms with E-state index in [-0.39, 0.29) is 35.4 Å². The average Bonchev–Trinajstić information content (AvgIpc) is 3.10. The SMILES string of the molecule is CC(O)c1ncc(Oc2nc(N3CCC(N)C[C@H]3C)c3c(n2)[nH]c2ccc(F)cc23)cc1F. The number of hydrogen-bond acceptors (Lipinski definition) is 7. The van der Waals surface area contributed by atoms with Gasteiger partial charge in [0.25, 0.3) is 0 Å². The van der Waals surface area contributed by atoms with Crippen LogP contribution in [0.3, 0.4) is 0 Å². The van der Waals surface area contributed by atoms with Crippen molar-refractivity contribution in [3.63, 3.8) is 0 Å². The number of piperidine rings is 1. The number of aromatic nitrogens is 4. The Bertz CT molecular complexity index is 1340. The summed E-state index contributed by atoms with van der Waals surface area (Å²) >= 11 is 0. The normalized spacial score (nSPS) is 19.9. The number of H-pyrrole nitrogens is 1. The van der Waals surface area contributed by atoms with Crippen LogP contribution >= 0.6 is 0 Å². The molecule has 3 atom stereocenters. The maximum Gasteiger partial charge on any atom is 0.326 e. The van der Waals surface area contributed by atoms with Crippen molar-refractivity contribution in [1.82, 2.24) is 19.9 Å². The zero-order valence-electron chi connectivity index (χ0n) is 18.2. The van der Waals surface area contributed by atoms with Crippen molar-refractivity contribution < 1.29 is 18.6 Å². The van der Waals surface area contributed by atoms with E-state index in [0.29, 0.717) is 28.8 Å². The lowest BCUT2D eigenvalue weighted by Crippen LogP contribution is -2.46. The van der Waals surface area contributed by atoms with Gasteiger partial charge in [-0.05, 0) is 44.9 Å². The zero-order chi connectivity index (χ0) is 23.3. The number of hydrogen-bond donors (Lipinski definition) is 3. The topological polar surface area (TPSA) is 113 Å². The van der Waals surface area contributed by atoms with Crippen LogP contribution in [-0.2, 0) is 0 Å². The molecule has 1 aromatic carbocycles. The summed E-state index contributed by atoms with van der Waals surface area (Å²) in [7, 11) is 0. The van der Waals surface area contributed by atoms with Crippen molar-refractivity contribution in [1.29, 1.82) is 0 Å². The maximum atomic E-state index is 14.3. The molecule has 0 radical (unpaired) electrons. The summed E-state index contributed by atoms with van der Waals surface area (Å²) < 4.78 is 34.1. The van der Waals surface area contributed by atoms with Gasteiger partial charge >= 0.3 is 6.01 Å². The van der Waals surface area contributed by atoms with Crippen molar-refractivity contribution in [2.45, 2.75) is 44.9 Å². The quantitative estimate of drug-likeness (QED) is 0.428. The molecular formula is C23H24F2N6O2. The lowest BCUT2D eigenvalue weighted by molar-refractivity contribution is 0.188. The first-order valence-corrected chi connectivity index (χ1v) is 10.8. The van der Waals surface area contributed by atoms with Gasteiger partial charge in [-0.3, -0.25) is 4.98 Å². The molecule has 0 spiro atoms. The molecule has 4 N–H and O–H groups in total. The number of anilines is 1. The highest BCUT2D eigenvalue weighted by atomic mass is 19.1. The lowest BCUT2D eigenvalue weighted by Gasteiger charge is -2.37. The number of aliphatic hydroxyl groups excluding tert-OH is 1. The number of nitrogens with one attached hydrogen (secondary N) is 1. The molecule has 0 saturated carbocycles. The number of benzene rings is 1. The third kappa shape index (κ3) is 3.96. The molecule has 10 heteroatoms. The van der Waals surface area contributed by atoms with Gasteiger partial charge in [-0.15, -0.1) is 0 Å². The summed E-state index contributed by atoms with van der Waals surface area (Å²) in [5.74, 6) is -0.356. The Morgan fingerprint density at radius 3 is 2.82 bits per heavy atom. The van der Waals surface area contributed by atoms with E-state index in [9.17, 15) is 13.9 Å². The fraction of sp³-hybridized carbons (Fsp3) is 0.348. The number of rotatable bonds is 4. The largest absolute Gasteiger partial charge is 0.422 e. The van der Waals surface area contributed by atoms with Gasteiger partial charge < -0.3 is 25.5 Å². The van der Waals surface area contributed by atoms with Gasteiger partial charge in [-0.2, -0.15) is 9.97 Å². The van der Waals surface area contributed by atoms with E-state index in [4.69, 9.17) is 10.5 Å². The zero-order valence-corrected chi connectivity index (χ0v) is 18.2. The fourth-order valence-electron chi connectivity index (χ4n) is 4.40. The molecule has 1 saturated heterocycles. The van der Waals surface area contributed by atoms with Crippen LogP contribution in [0.15, 0.2) is 30.5 Å². The van der Waals surface area contributed by atoms with Crippen LogP contribution < -0.4 is 15.4 Å². The summed E-state index contributed by atoms with van der Waals surface area (Å²) in [6.07, 6.45) is 1.84. The Balaban J connectivity index is 1.63. The predicted octanol–water partition coefficient (Wildman–Crippen LogP) is 3.95. The molecule has 4 aromatic rings. The van der Waals surface area contributed by atoms with Crippen molar-refractivity contribution in [3.8, 4) is 11.8 Å². The molecular weight excluding hydrogens is 430 g/mol. The molecule has 3 aromatic heterocycles. The van der Waals surface area contributed by atoms with E-state index >= 15 is 0 Å². The van der Waals surface area contributed by atoms with Gasteiger partial charge in [-0.25, -0.2) is 8.78 Å². The molecule has 4 heterocycles. The molecule has 33 heavy (non-hydrogen) atoms. The number of ether oxygens (including phenoxy) is 1. The molecule has 1 aliphatic rings. The van der Waals surface area contributed by atoms with Gasteiger partial charge in [-0.1, -0.05) is 0 Å². The molecule has 0 aliphatic carbocycles. The van der Waals surface area contributed by atoms with Crippen molar-refractivity contribution >= 4 is 27.8 Å². The smallest absolute Gasteiger partial charge is 0.326 e. The summed E-state index contributed by atoms with van der Waals surface area (Å²) in [5, 5.41) is 11.0. The lowest BCUT2D eigenvalue weighted by atomic mass is 9.99. The maximum absolute atomic E-state index is 14.3. The Hall–Kier alpha value is -3.37. The number of nitrogens with zero attached hydrogens (tertiary/aromatic N) is 4. The van der Waals surface area contributed by atoms with Crippen LogP contribution in [0.25, 0.3) is 21.9 Å². The first-order valence-electron chi connectivity index (χ1n) is 10.8.